The third-order valence-corrected chi connectivity index (χ3v) is 11.8. The molecule has 6 heteroatoms. The smallest absolute Gasteiger partial charge is 0.338 e. The van der Waals surface area contributed by atoms with Crippen LogP contribution in [0.2, 0.25) is 0 Å². The van der Waals surface area contributed by atoms with Crippen LogP contribution in [-0.4, -0.2) is 58.9 Å². The lowest BCUT2D eigenvalue weighted by Crippen LogP contribution is -2.69. The lowest BCUT2D eigenvalue weighted by molar-refractivity contribution is -0.229. The van der Waals surface area contributed by atoms with Gasteiger partial charge in [0, 0.05) is 48.2 Å². The second kappa shape index (κ2) is 6.20. The SMILES string of the molecule is C=C1C2CC3C4N5CC6(C)CC(OC(=O)c7ccccc7)CC47C6C5CC3(C1O)C7C2OC(C)=O. The minimum atomic E-state index is -0.535. The Kier molecular flexibility index (Phi) is 3.71. The summed E-state index contributed by atoms with van der Waals surface area (Å²) < 4.78 is 12.4. The molecule has 1 aromatic carbocycles. The Bertz CT molecular complexity index is 1180. The van der Waals surface area contributed by atoms with E-state index in [9.17, 15) is 14.7 Å². The van der Waals surface area contributed by atoms with Crippen LogP contribution in [0.1, 0.15) is 49.9 Å². The summed E-state index contributed by atoms with van der Waals surface area (Å²) in [6, 6.07) is 10.1. The van der Waals surface area contributed by atoms with E-state index in [0.717, 1.165) is 37.8 Å². The first-order chi connectivity index (χ1) is 16.7. The molecule has 1 aromatic rings. The molecule has 0 radical (unpaired) electrons. The zero-order valence-corrected chi connectivity index (χ0v) is 20.4. The van der Waals surface area contributed by atoms with Crippen LogP contribution in [0, 0.1) is 39.9 Å². The molecule has 1 N–H and O–H groups in total. The maximum Gasteiger partial charge on any atom is 0.338 e. The highest BCUT2D eigenvalue weighted by Gasteiger charge is 2.90. The standard InChI is InChI=1S/C29H33NO5/c1-14-18-9-19-24-29-11-17(35-26(33)16-7-5-4-6-8-16)10-27(3)13-30(24)20(22(27)29)12-28(19,25(14)32)23(29)21(18)34-15(2)31/h4-8,17-25,32H,1,9-13H2,2-3H3. The zero-order valence-electron chi connectivity index (χ0n) is 20.4. The van der Waals surface area contributed by atoms with Gasteiger partial charge in [-0.3, -0.25) is 9.69 Å². The van der Waals surface area contributed by atoms with Gasteiger partial charge in [0.2, 0.25) is 0 Å². The van der Waals surface area contributed by atoms with E-state index in [1.165, 1.54) is 6.92 Å². The summed E-state index contributed by atoms with van der Waals surface area (Å²) >= 11 is 0. The number of aliphatic hydroxyl groups excluding tert-OH is 1. The normalized spacial score (nSPS) is 55.3. The molecule has 35 heavy (non-hydrogen) atoms. The Morgan fingerprint density at radius 3 is 2.60 bits per heavy atom. The topological polar surface area (TPSA) is 76.1 Å². The number of rotatable bonds is 3. The highest BCUT2D eigenvalue weighted by molar-refractivity contribution is 5.89. The van der Waals surface area contributed by atoms with Crippen molar-refractivity contribution in [1.29, 1.82) is 0 Å². The van der Waals surface area contributed by atoms with Crippen LogP contribution in [0.4, 0.5) is 0 Å². The molecule has 0 amide bonds. The van der Waals surface area contributed by atoms with Crippen LogP contribution in [0.3, 0.4) is 0 Å². The monoisotopic (exact) mass is 475 g/mol. The summed E-state index contributed by atoms with van der Waals surface area (Å²) in [4.78, 5) is 28.2. The Labute approximate surface area is 205 Å². The molecule has 9 fully saturated rings. The van der Waals surface area contributed by atoms with Crippen LogP contribution in [0.25, 0.3) is 0 Å². The Morgan fingerprint density at radius 1 is 1.09 bits per heavy atom. The molecule has 6 aliphatic carbocycles. The number of carbonyl (C=O) groups is 2. The molecule has 3 aliphatic heterocycles. The van der Waals surface area contributed by atoms with Gasteiger partial charge in [-0.15, -0.1) is 0 Å². The minimum absolute atomic E-state index is 0.0152. The van der Waals surface area contributed by atoms with E-state index in [1.54, 1.807) is 0 Å². The van der Waals surface area contributed by atoms with Crippen molar-refractivity contribution >= 4 is 11.9 Å². The van der Waals surface area contributed by atoms with E-state index in [-0.39, 0.29) is 52.2 Å². The number of benzene rings is 1. The number of nitrogens with zero attached hydrogens (tertiary/aromatic N) is 1. The highest BCUT2D eigenvalue weighted by atomic mass is 16.5. The molecule has 2 spiro atoms. The van der Waals surface area contributed by atoms with Crippen molar-refractivity contribution in [2.45, 2.75) is 69.9 Å². The molecule has 3 heterocycles. The van der Waals surface area contributed by atoms with Gasteiger partial charge in [-0.2, -0.15) is 0 Å². The fraction of sp³-hybridized carbons (Fsp3) is 0.655. The lowest BCUT2D eigenvalue weighted by atomic mass is 9.39. The number of hydrogen-bond acceptors (Lipinski definition) is 6. The number of aliphatic hydroxyl groups is 1. The fourth-order valence-corrected chi connectivity index (χ4v) is 11.7. The summed E-state index contributed by atoms with van der Waals surface area (Å²) in [5.74, 6) is 0.487. The van der Waals surface area contributed by atoms with Crippen LogP contribution in [-0.2, 0) is 14.3 Å². The van der Waals surface area contributed by atoms with Crippen molar-refractivity contribution in [3.8, 4) is 0 Å². The van der Waals surface area contributed by atoms with Gasteiger partial charge in [0.25, 0.3) is 0 Å². The first-order valence-corrected chi connectivity index (χ1v) is 13.3. The summed E-state index contributed by atoms with van der Waals surface area (Å²) in [7, 11) is 0. The zero-order chi connectivity index (χ0) is 24.1. The van der Waals surface area contributed by atoms with Crippen LogP contribution < -0.4 is 0 Å². The third kappa shape index (κ3) is 2.11. The molecular formula is C29H33NO5. The molecule has 0 aromatic heterocycles. The van der Waals surface area contributed by atoms with E-state index in [0.29, 0.717) is 29.5 Å². The van der Waals surface area contributed by atoms with E-state index >= 15 is 0 Å². The van der Waals surface area contributed by atoms with Crippen molar-refractivity contribution in [2.24, 2.45) is 39.9 Å². The Balaban J connectivity index is 1.25. The molecule has 184 valence electrons. The van der Waals surface area contributed by atoms with Crippen LogP contribution in [0.15, 0.2) is 42.5 Å². The molecular weight excluding hydrogens is 442 g/mol. The number of esters is 2. The van der Waals surface area contributed by atoms with Gasteiger partial charge in [0.1, 0.15) is 12.2 Å². The van der Waals surface area contributed by atoms with Gasteiger partial charge in [-0.25, -0.2) is 4.79 Å². The summed E-state index contributed by atoms with van der Waals surface area (Å²) in [6.07, 6.45) is 2.65. The number of fused-ring (bicyclic) bond motifs is 1. The molecule has 9 aliphatic rings. The number of ether oxygens (including phenoxy) is 2. The van der Waals surface area contributed by atoms with Gasteiger partial charge in [0.15, 0.2) is 0 Å². The van der Waals surface area contributed by atoms with Crippen molar-refractivity contribution in [3.05, 3.63) is 48.0 Å². The average Bonchev–Trinajstić information content (AvgIpc) is 3.23. The predicted molar refractivity (Wildman–Crippen MR) is 126 cm³/mol. The minimum Gasteiger partial charge on any atom is -0.462 e. The Hall–Kier alpha value is -2.18. The first kappa shape index (κ1) is 21.0. The lowest BCUT2D eigenvalue weighted by Gasteiger charge is -2.66. The van der Waals surface area contributed by atoms with Crippen LogP contribution in [0.5, 0.6) is 0 Å². The van der Waals surface area contributed by atoms with Crippen molar-refractivity contribution in [3.63, 3.8) is 0 Å². The molecule has 9 bridgehead atoms. The Morgan fingerprint density at radius 2 is 1.86 bits per heavy atom. The molecule has 13 unspecified atom stereocenters. The fourth-order valence-electron chi connectivity index (χ4n) is 11.7. The second-order valence-corrected chi connectivity index (χ2v) is 13.0. The predicted octanol–water partition coefficient (Wildman–Crippen LogP) is 3.20. The van der Waals surface area contributed by atoms with E-state index in [2.05, 4.69) is 18.4 Å². The molecule has 6 saturated carbocycles. The molecule has 13 atom stereocenters. The summed E-state index contributed by atoms with van der Waals surface area (Å²) in [6.45, 7) is 9.25. The highest BCUT2D eigenvalue weighted by Crippen LogP contribution is 2.87. The maximum absolute atomic E-state index is 13.1. The largest absolute Gasteiger partial charge is 0.462 e. The van der Waals surface area contributed by atoms with E-state index in [4.69, 9.17) is 9.47 Å². The van der Waals surface area contributed by atoms with Gasteiger partial charge in [0.05, 0.1) is 11.7 Å². The van der Waals surface area contributed by atoms with Gasteiger partial charge >= 0.3 is 11.9 Å². The van der Waals surface area contributed by atoms with Crippen molar-refractivity contribution in [1.82, 2.24) is 4.90 Å². The summed E-state index contributed by atoms with van der Waals surface area (Å²) in [5, 5.41) is 11.7. The third-order valence-electron chi connectivity index (χ3n) is 11.8. The van der Waals surface area contributed by atoms with Gasteiger partial charge in [-0.05, 0) is 60.6 Å². The molecule has 6 nitrogen and oxygen atoms in total. The van der Waals surface area contributed by atoms with E-state index < -0.39 is 6.10 Å². The van der Waals surface area contributed by atoms with Gasteiger partial charge < -0.3 is 14.6 Å². The average molecular weight is 476 g/mol. The van der Waals surface area contributed by atoms with Crippen molar-refractivity contribution < 1.29 is 24.2 Å². The first-order valence-electron chi connectivity index (χ1n) is 13.3. The van der Waals surface area contributed by atoms with Crippen LogP contribution >= 0.6 is 0 Å². The summed E-state index contributed by atoms with van der Waals surface area (Å²) in [5.41, 5.74) is 1.14. The number of hydrogen-bond donors (Lipinski definition) is 1. The number of piperidine rings is 2. The quantitative estimate of drug-likeness (QED) is 0.535. The molecule has 3 saturated heterocycles. The van der Waals surface area contributed by atoms with E-state index in [1.807, 2.05) is 30.3 Å². The molecule has 10 rings (SSSR count). The number of carbonyl (C=O) groups excluding carboxylic acids is 2. The maximum atomic E-state index is 13.1. The van der Waals surface area contributed by atoms with Gasteiger partial charge in [-0.1, -0.05) is 31.7 Å². The van der Waals surface area contributed by atoms with Crippen molar-refractivity contribution in [2.75, 3.05) is 6.54 Å². The second-order valence-electron chi connectivity index (χ2n) is 13.0.